The number of nitrogen functional groups attached to an aromatic ring is 1. The lowest BCUT2D eigenvalue weighted by molar-refractivity contribution is 0.413. The highest BCUT2D eigenvalue weighted by Crippen LogP contribution is 2.30. The molecule has 4 rings (SSSR count). The number of anilines is 2. The van der Waals surface area contributed by atoms with Crippen molar-refractivity contribution in [2.45, 2.75) is 11.8 Å². The second kappa shape index (κ2) is 7.10. The SMILES string of the molecule is COc1cccc(S(=O)(=O)Nc2ccc(-c3cnc4ccnn4c3N)cc2C)c1. The predicted octanol–water partition coefficient (Wildman–Crippen LogP) is 3.10. The average Bonchev–Trinajstić information content (AvgIpc) is 3.20. The highest BCUT2D eigenvalue weighted by Gasteiger charge is 2.17. The van der Waals surface area contributed by atoms with Crippen molar-refractivity contribution >= 4 is 27.2 Å². The summed E-state index contributed by atoms with van der Waals surface area (Å²) >= 11 is 0. The van der Waals surface area contributed by atoms with Crippen molar-refractivity contribution in [1.82, 2.24) is 14.6 Å². The number of hydrogen-bond acceptors (Lipinski definition) is 6. The Labute approximate surface area is 168 Å². The van der Waals surface area contributed by atoms with Crippen molar-refractivity contribution in [3.05, 3.63) is 66.5 Å². The van der Waals surface area contributed by atoms with Crippen molar-refractivity contribution in [3.8, 4) is 16.9 Å². The highest BCUT2D eigenvalue weighted by molar-refractivity contribution is 7.92. The van der Waals surface area contributed by atoms with Gasteiger partial charge in [-0.15, -0.1) is 0 Å². The van der Waals surface area contributed by atoms with Crippen molar-refractivity contribution in [2.75, 3.05) is 17.6 Å². The molecule has 148 valence electrons. The Morgan fingerprint density at radius 2 is 1.97 bits per heavy atom. The number of fused-ring (bicyclic) bond motifs is 1. The van der Waals surface area contributed by atoms with Crippen LogP contribution in [0.5, 0.6) is 5.75 Å². The lowest BCUT2D eigenvalue weighted by Crippen LogP contribution is -2.14. The quantitative estimate of drug-likeness (QED) is 0.524. The second-order valence-electron chi connectivity index (χ2n) is 6.47. The van der Waals surface area contributed by atoms with Crippen LogP contribution in [0.25, 0.3) is 16.8 Å². The smallest absolute Gasteiger partial charge is 0.262 e. The van der Waals surface area contributed by atoms with Gasteiger partial charge in [-0.1, -0.05) is 12.1 Å². The number of aromatic nitrogens is 3. The zero-order chi connectivity index (χ0) is 20.6. The Hall–Kier alpha value is -3.59. The van der Waals surface area contributed by atoms with Crippen molar-refractivity contribution in [3.63, 3.8) is 0 Å². The Kier molecular flexibility index (Phi) is 4.59. The molecule has 0 fully saturated rings. The number of benzene rings is 2. The van der Waals surface area contributed by atoms with Crippen LogP contribution in [0, 0.1) is 6.92 Å². The number of rotatable bonds is 5. The third-order valence-electron chi connectivity index (χ3n) is 4.59. The molecule has 8 nitrogen and oxygen atoms in total. The van der Waals surface area contributed by atoms with Crippen LogP contribution in [0.4, 0.5) is 11.5 Å². The van der Waals surface area contributed by atoms with E-state index in [9.17, 15) is 8.42 Å². The topological polar surface area (TPSA) is 112 Å². The molecule has 9 heteroatoms. The molecule has 3 N–H and O–H groups in total. The van der Waals surface area contributed by atoms with Gasteiger partial charge in [-0.25, -0.2) is 13.4 Å². The zero-order valence-corrected chi connectivity index (χ0v) is 16.6. The van der Waals surface area contributed by atoms with Crippen LogP contribution in [0.2, 0.25) is 0 Å². The van der Waals surface area contributed by atoms with Crippen molar-refractivity contribution in [2.24, 2.45) is 0 Å². The molecule has 0 saturated heterocycles. The molecule has 0 saturated carbocycles. The van der Waals surface area contributed by atoms with Crippen LogP contribution in [0.15, 0.2) is 65.8 Å². The molecule has 0 bridgehead atoms. The number of nitrogens with one attached hydrogen (secondary N) is 1. The van der Waals surface area contributed by atoms with Gasteiger partial charge in [-0.2, -0.15) is 9.61 Å². The van der Waals surface area contributed by atoms with Crippen LogP contribution in [-0.4, -0.2) is 30.1 Å². The first-order valence-electron chi connectivity index (χ1n) is 8.75. The van der Waals surface area contributed by atoms with E-state index in [-0.39, 0.29) is 4.90 Å². The van der Waals surface area contributed by atoms with E-state index in [0.29, 0.717) is 28.5 Å². The molecule has 0 aliphatic heterocycles. The van der Waals surface area contributed by atoms with Gasteiger partial charge in [-0.05, 0) is 42.3 Å². The minimum Gasteiger partial charge on any atom is -0.497 e. The largest absolute Gasteiger partial charge is 0.497 e. The highest BCUT2D eigenvalue weighted by atomic mass is 32.2. The molecule has 0 atom stereocenters. The van der Waals surface area contributed by atoms with Crippen LogP contribution >= 0.6 is 0 Å². The van der Waals surface area contributed by atoms with Crippen molar-refractivity contribution in [1.29, 1.82) is 0 Å². The first-order chi connectivity index (χ1) is 13.9. The van der Waals surface area contributed by atoms with E-state index in [1.807, 2.05) is 13.0 Å². The fourth-order valence-electron chi connectivity index (χ4n) is 3.03. The van der Waals surface area contributed by atoms with Gasteiger partial charge in [0.25, 0.3) is 10.0 Å². The van der Waals surface area contributed by atoms with Gasteiger partial charge in [0.2, 0.25) is 0 Å². The Morgan fingerprint density at radius 1 is 1.14 bits per heavy atom. The van der Waals surface area contributed by atoms with Gasteiger partial charge < -0.3 is 10.5 Å². The minimum absolute atomic E-state index is 0.123. The summed E-state index contributed by atoms with van der Waals surface area (Å²) in [6.07, 6.45) is 3.31. The van der Waals surface area contributed by atoms with E-state index in [0.717, 1.165) is 11.1 Å². The van der Waals surface area contributed by atoms with Gasteiger partial charge >= 0.3 is 0 Å². The summed E-state index contributed by atoms with van der Waals surface area (Å²) in [6.45, 7) is 1.82. The Bertz CT molecular complexity index is 1310. The van der Waals surface area contributed by atoms with Crippen LogP contribution in [0.1, 0.15) is 5.56 Å². The maximum Gasteiger partial charge on any atom is 0.262 e. The van der Waals surface area contributed by atoms with E-state index in [4.69, 9.17) is 10.5 Å². The monoisotopic (exact) mass is 409 g/mol. The van der Waals surface area contributed by atoms with E-state index in [2.05, 4.69) is 14.8 Å². The molecule has 0 aliphatic rings. The number of hydrogen-bond donors (Lipinski definition) is 2. The van der Waals surface area contributed by atoms with Gasteiger partial charge in [0.05, 0.1) is 23.9 Å². The van der Waals surface area contributed by atoms with Crippen LogP contribution in [-0.2, 0) is 10.0 Å². The molecule has 0 spiro atoms. The maximum absolute atomic E-state index is 12.7. The second-order valence-corrected chi connectivity index (χ2v) is 8.15. The summed E-state index contributed by atoms with van der Waals surface area (Å²) in [5.74, 6) is 0.932. The molecule has 2 heterocycles. The average molecular weight is 409 g/mol. The van der Waals surface area contributed by atoms with Gasteiger partial charge in [-0.3, -0.25) is 4.72 Å². The minimum atomic E-state index is -3.76. The normalized spacial score (nSPS) is 11.5. The van der Waals surface area contributed by atoms with Gasteiger partial charge in [0, 0.05) is 23.9 Å². The number of ether oxygens (including phenoxy) is 1. The fourth-order valence-corrected chi connectivity index (χ4v) is 4.20. The van der Waals surface area contributed by atoms with E-state index in [1.54, 1.807) is 47.2 Å². The lowest BCUT2D eigenvalue weighted by Gasteiger charge is -2.13. The molecule has 0 unspecified atom stereocenters. The van der Waals surface area contributed by atoms with Crippen LogP contribution < -0.4 is 15.2 Å². The number of methoxy groups -OCH3 is 1. The first kappa shape index (κ1) is 18.8. The summed E-state index contributed by atoms with van der Waals surface area (Å²) in [5, 5.41) is 4.17. The molecule has 0 aliphatic carbocycles. The number of nitrogens with two attached hydrogens (primary N) is 1. The third-order valence-corrected chi connectivity index (χ3v) is 5.95. The lowest BCUT2D eigenvalue weighted by atomic mass is 10.0. The Morgan fingerprint density at radius 3 is 2.72 bits per heavy atom. The van der Waals surface area contributed by atoms with E-state index in [1.165, 1.54) is 19.2 Å². The zero-order valence-electron chi connectivity index (χ0n) is 15.8. The van der Waals surface area contributed by atoms with Crippen LogP contribution in [0.3, 0.4) is 0 Å². The fraction of sp³-hybridized carbons (Fsp3) is 0.100. The molecule has 2 aromatic carbocycles. The predicted molar refractivity (Wildman–Crippen MR) is 111 cm³/mol. The molecular weight excluding hydrogens is 390 g/mol. The van der Waals surface area contributed by atoms with E-state index >= 15 is 0 Å². The first-order valence-corrected chi connectivity index (χ1v) is 10.2. The summed E-state index contributed by atoms with van der Waals surface area (Å²) in [7, 11) is -2.27. The standard InChI is InChI=1S/C20H19N5O3S/c1-13-10-14(17-12-22-19-8-9-23-25(19)20(17)21)6-7-18(13)24-29(26,27)16-5-3-4-15(11-16)28-2/h3-12,24H,21H2,1-2H3. The number of sulfonamides is 1. The molecular formula is C20H19N5O3S. The number of nitrogens with zero attached hydrogens (tertiary/aromatic N) is 3. The van der Waals surface area contributed by atoms with Crippen molar-refractivity contribution < 1.29 is 13.2 Å². The maximum atomic E-state index is 12.7. The summed E-state index contributed by atoms with van der Waals surface area (Å²) < 4.78 is 34.8. The summed E-state index contributed by atoms with van der Waals surface area (Å²) in [6, 6.07) is 13.4. The summed E-state index contributed by atoms with van der Waals surface area (Å²) in [4.78, 5) is 4.47. The molecule has 0 amide bonds. The molecule has 4 aromatic rings. The van der Waals surface area contributed by atoms with Gasteiger partial charge in [0.1, 0.15) is 11.6 Å². The Balaban J connectivity index is 1.67. The molecule has 2 aromatic heterocycles. The molecule has 29 heavy (non-hydrogen) atoms. The molecule has 0 radical (unpaired) electrons. The van der Waals surface area contributed by atoms with E-state index < -0.39 is 10.0 Å². The number of aryl methyl sites for hydroxylation is 1. The third kappa shape index (κ3) is 3.47. The summed E-state index contributed by atoms with van der Waals surface area (Å²) in [5.41, 5.74) is 9.63. The van der Waals surface area contributed by atoms with Gasteiger partial charge in [0.15, 0.2) is 5.65 Å².